The van der Waals surface area contributed by atoms with Gasteiger partial charge in [0, 0.05) is 40.8 Å². The number of furan rings is 1. The topological polar surface area (TPSA) is 99.9 Å². The highest BCUT2D eigenvalue weighted by atomic mass is 16.5. The molecule has 178 valence electrons. The first kappa shape index (κ1) is 23.6. The maximum Gasteiger partial charge on any atom is 0.341 e. The summed E-state index contributed by atoms with van der Waals surface area (Å²) in [6.45, 7) is 1.70. The summed E-state index contributed by atoms with van der Waals surface area (Å²) in [4.78, 5) is 28.9. The molecule has 8 nitrogen and oxygen atoms in total. The van der Waals surface area contributed by atoms with Gasteiger partial charge in [-0.3, -0.25) is 9.78 Å². The fourth-order valence-corrected chi connectivity index (χ4v) is 3.61. The molecule has 0 aliphatic carbocycles. The molecule has 35 heavy (non-hydrogen) atoms. The molecule has 0 radical (unpaired) electrons. The predicted octanol–water partition coefficient (Wildman–Crippen LogP) is 5.37. The smallest absolute Gasteiger partial charge is 0.341 e. The minimum atomic E-state index is -0.454. The van der Waals surface area contributed by atoms with Crippen molar-refractivity contribution < 1.29 is 28.2 Å². The lowest BCUT2D eigenvalue weighted by molar-refractivity contribution is 0.0598. The Hall–Kier alpha value is -4.59. The van der Waals surface area contributed by atoms with Gasteiger partial charge in [-0.05, 0) is 55.5 Å². The van der Waals surface area contributed by atoms with E-state index in [2.05, 4.69) is 10.3 Å². The molecular formula is C27H24N2O6. The van der Waals surface area contributed by atoms with Gasteiger partial charge in [-0.1, -0.05) is 0 Å². The standard InChI is InChI=1S/C27H24N2O6/c1-16-23(27(31)34-4)13-24(35-16)17-5-7-20(8-6-17)29-26(30)19-11-18(14-28-15-19)22-10-9-21(32-2)12-25(22)33-3/h5-15H,1-4H3,(H,29,30). The number of hydrogen-bond acceptors (Lipinski definition) is 7. The molecule has 1 N–H and O–H groups in total. The molecule has 0 spiro atoms. The number of rotatable bonds is 7. The second kappa shape index (κ2) is 10.1. The van der Waals surface area contributed by atoms with Crippen LogP contribution in [0.15, 0.2) is 71.4 Å². The quantitative estimate of drug-likeness (QED) is 0.361. The van der Waals surface area contributed by atoms with E-state index in [9.17, 15) is 9.59 Å². The summed E-state index contributed by atoms with van der Waals surface area (Å²) in [5.74, 6) is 1.53. The normalized spacial score (nSPS) is 10.5. The lowest BCUT2D eigenvalue weighted by atomic mass is 10.0. The summed E-state index contributed by atoms with van der Waals surface area (Å²) in [5.41, 5.74) is 3.66. The summed E-state index contributed by atoms with van der Waals surface area (Å²) >= 11 is 0. The van der Waals surface area contributed by atoms with E-state index in [1.807, 2.05) is 12.1 Å². The van der Waals surface area contributed by atoms with E-state index in [0.717, 1.165) is 16.7 Å². The fraction of sp³-hybridized carbons (Fsp3) is 0.148. The molecule has 2 aromatic carbocycles. The van der Waals surface area contributed by atoms with Crippen LogP contribution >= 0.6 is 0 Å². The molecule has 0 saturated heterocycles. The number of hydrogen-bond donors (Lipinski definition) is 1. The van der Waals surface area contributed by atoms with Crippen molar-refractivity contribution in [2.24, 2.45) is 0 Å². The molecule has 0 atom stereocenters. The van der Waals surface area contributed by atoms with Crippen molar-refractivity contribution in [2.75, 3.05) is 26.6 Å². The number of aryl methyl sites for hydroxylation is 1. The zero-order valence-corrected chi connectivity index (χ0v) is 19.7. The van der Waals surface area contributed by atoms with Crippen molar-refractivity contribution in [2.45, 2.75) is 6.92 Å². The number of benzene rings is 2. The number of nitrogens with one attached hydrogen (secondary N) is 1. The number of nitrogens with zero attached hydrogens (tertiary/aromatic N) is 1. The van der Waals surface area contributed by atoms with Crippen LogP contribution in [0, 0.1) is 6.92 Å². The average Bonchev–Trinajstić information content (AvgIpc) is 3.29. The monoisotopic (exact) mass is 472 g/mol. The minimum absolute atomic E-state index is 0.304. The van der Waals surface area contributed by atoms with Crippen LogP contribution in [0.4, 0.5) is 5.69 Å². The third-order valence-electron chi connectivity index (χ3n) is 5.47. The summed E-state index contributed by atoms with van der Waals surface area (Å²) in [5, 5.41) is 2.87. The zero-order chi connectivity index (χ0) is 24.9. The highest BCUT2D eigenvalue weighted by Crippen LogP contribution is 2.33. The first-order chi connectivity index (χ1) is 16.9. The van der Waals surface area contributed by atoms with E-state index < -0.39 is 5.97 Å². The average molecular weight is 472 g/mol. The number of pyridine rings is 1. The summed E-state index contributed by atoms with van der Waals surface area (Å²) < 4.78 is 21.2. The molecule has 2 heterocycles. The molecule has 0 unspecified atom stereocenters. The molecule has 0 aliphatic heterocycles. The van der Waals surface area contributed by atoms with Gasteiger partial charge in [0.15, 0.2) is 0 Å². The third-order valence-corrected chi connectivity index (χ3v) is 5.47. The van der Waals surface area contributed by atoms with Crippen LogP contribution in [0.1, 0.15) is 26.5 Å². The van der Waals surface area contributed by atoms with Gasteiger partial charge in [0.1, 0.15) is 28.6 Å². The van der Waals surface area contributed by atoms with Crippen molar-refractivity contribution in [3.05, 3.63) is 83.9 Å². The third kappa shape index (κ3) is 5.01. The lowest BCUT2D eigenvalue weighted by Crippen LogP contribution is -2.12. The Morgan fingerprint density at radius 2 is 1.66 bits per heavy atom. The highest BCUT2D eigenvalue weighted by molar-refractivity contribution is 6.04. The summed E-state index contributed by atoms with van der Waals surface area (Å²) in [6, 6.07) is 16.0. The molecule has 8 heteroatoms. The fourth-order valence-electron chi connectivity index (χ4n) is 3.61. The summed E-state index contributed by atoms with van der Waals surface area (Å²) in [6.07, 6.45) is 3.17. The zero-order valence-electron chi connectivity index (χ0n) is 19.7. The van der Waals surface area contributed by atoms with Crippen LogP contribution < -0.4 is 14.8 Å². The van der Waals surface area contributed by atoms with Crippen LogP contribution in [0.2, 0.25) is 0 Å². The van der Waals surface area contributed by atoms with E-state index in [1.54, 1.807) is 69.8 Å². The van der Waals surface area contributed by atoms with E-state index in [0.29, 0.717) is 39.8 Å². The van der Waals surface area contributed by atoms with Crippen molar-refractivity contribution in [1.29, 1.82) is 0 Å². The number of carbonyl (C=O) groups excluding carboxylic acids is 2. The highest BCUT2D eigenvalue weighted by Gasteiger charge is 2.17. The number of amides is 1. The van der Waals surface area contributed by atoms with Gasteiger partial charge >= 0.3 is 5.97 Å². The Kier molecular flexibility index (Phi) is 6.82. The molecule has 4 rings (SSSR count). The minimum Gasteiger partial charge on any atom is -0.497 e. The Morgan fingerprint density at radius 3 is 2.34 bits per heavy atom. The molecule has 4 aromatic rings. The Morgan fingerprint density at radius 1 is 0.886 bits per heavy atom. The van der Waals surface area contributed by atoms with Crippen LogP contribution in [0.5, 0.6) is 11.5 Å². The molecule has 0 fully saturated rings. The van der Waals surface area contributed by atoms with Crippen LogP contribution in [-0.4, -0.2) is 38.2 Å². The van der Waals surface area contributed by atoms with Gasteiger partial charge in [-0.25, -0.2) is 4.79 Å². The van der Waals surface area contributed by atoms with E-state index >= 15 is 0 Å². The van der Waals surface area contributed by atoms with Crippen LogP contribution in [0.25, 0.3) is 22.5 Å². The first-order valence-electron chi connectivity index (χ1n) is 10.7. The maximum absolute atomic E-state index is 12.9. The number of esters is 1. The largest absolute Gasteiger partial charge is 0.497 e. The first-order valence-corrected chi connectivity index (χ1v) is 10.7. The molecular weight excluding hydrogens is 448 g/mol. The predicted molar refractivity (Wildman–Crippen MR) is 131 cm³/mol. The van der Waals surface area contributed by atoms with Crippen molar-refractivity contribution >= 4 is 17.6 Å². The molecule has 2 aromatic heterocycles. The van der Waals surface area contributed by atoms with Crippen molar-refractivity contribution in [3.63, 3.8) is 0 Å². The Labute approximate surface area is 202 Å². The SMILES string of the molecule is COC(=O)c1cc(-c2ccc(NC(=O)c3cncc(-c4ccc(OC)cc4OC)c3)cc2)oc1C. The summed E-state index contributed by atoms with van der Waals surface area (Å²) in [7, 11) is 4.49. The van der Waals surface area contributed by atoms with Crippen molar-refractivity contribution in [1.82, 2.24) is 4.98 Å². The number of carbonyl (C=O) groups is 2. The Bertz CT molecular complexity index is 1370. The van der Waals surface area contributed by atoms with E-state index in [-0.39, 0.29) is 5.91 Å². The number of aromatic nitrogens is 1. The van der Waals surface area contributed by atoms with Gasteiger partial charge < -0.3 is 23.9 Å². The van der Waals surface area contributed by atoms with E-state index in [1.165, 1.54) is 13.3 Å². The Balaban J connectivity index is 1.52. The number of ether oxygens (including phenoxy) is 3. The lowest BCUT2D eigenvalue weighted by Gasteiger charge is -2.11. The van der Waals surface area contributed by atoms with Gasteiger partial charge in [-0.2, -0.15) is 0 Å². The van der Waals surface area contributed by atoms with E-state index in [4.69, 9.17) is 18.6 Å². The van der Waals surface area contributed by atoms with Crippen LogP contribution in [0.3, 0.4) is 0 Å². The number of methoxy groups -OCH3 is 3. The number of anilines is 1. The van der Waals surface area contributed by atoms with Crippen molar-refractivity contribution in [3.8, 4) is 33.9 Å². The molecule has 1 amide bonds. The molecule has 0 bridgehead atoms. The van der Waals surface area contributed by atoms with Crippen LogP contribution in [-0.2, 0) is 4.74 Å². The molecule has 0 aliphatic rings. The molecule has 0 saturated carbocycles. The maximum atomic E-state index is 12.9. The van der Waals surface area contributed by atoms with Gasteiger partial charge in [0.05, 0.1) is 26.9 Å². The van der Waals surface area contributed by atoms with Gasteiger partial charge in [-0.15, -0.1) is 0 Å². The van der Waals surface area contributed by atoms with Gasteiger partial charge in [0.2, 0.25) is 0 Å². The second-order valence-electron chi connectivity index (χ2n) is 7.63. The van der Waals surface area contributed by atoms with Gasteiger partial charge in [0.25, 0.3) is 5.91 Å². The second-order valence-corrected chi connectivity index (χ2v) is 7.63.